The van der Waals surface area contributed by atoms with E-state index in [4.69, 9.17) is 5.73 Å². The molecule has 1 heterocycles. The van der Waals surface area contributed by atoms with Gasteiger partial charge in [0.15, 0.2) is 5.69 Å². The predicted octanol–water partition coefficient (Wildman–Crippen LogP) is 1.64. The lowest BCUT2D eigenvalue weighted by Crippen LogP contribution is -2.48. The quantitative estimate of drug-likeness (QED) is 0.848. The van der Waals surface area contributed by atoms with Crippen molar-refractivity contribution in [2.45, 2.75) is 26.3 Å². The van der Waals surface area contributed by atoms with Gasteiger partial charge in [-0.1, -0.05) is 20.3 Å². The molecular formula is C16H19FN4O2. The highest BCUT2D eigenvalue weighted by Gasteiger charge is 2.25. The maximum atomic E-state index is 12.9. The van der Waals surface area contributed by atoms with Crippen molar-refractivity contribution in [3.63, 3.8) is 0 Å². The van der Waals surface area contributed by atoms with Crippen molar-refractivity contribution in [1.29, 1.82) is 0 Å². The smallest absolute Gasteiger partial charge is 0.272 e. The lowest BCUT2D eigenvalue weighted by Gasteiger charge is -2.20. The summed E-state index contributed by atoms with van der Waals surface area (Å²) in [5.74, 6) is -1.48. The molecular weight excluding hydrogens is 299 g/mol. The Morgan fingerprint density at radius 1 is 1.30 bits per heavy atom. The highest BCUT2D eigenvalue weighted by atomic mass is 19.1. The number of rotatable bonds is 6. The third kappa shape index (κ3) is 3.94. The monoisotopic (exact) mass is 318 g/mol. The first-order valence-corrected chi connectivity index (χ1v) is 7.34. The fraction of sp³-hybridized carbons (Fsp3) is 0.312. The number of amides is 2. The van der Waals surface area contributed by atoms with E-state index in [1.54, 1.807) is 18.3 Å². The predicted molar refractivity (Wildman–Crippen MR) is 83.4 cm³/mol. The lowest BCUT2D eigenvalue weighted by molar-refractivity contribution is -0.120. The topological polar surface area (TPSA) is 90.0 Å². The van der Waals surface area contributed by atoms with E-state index >= 15 is 0 Å². The highest BCUT2D eigenvalue weighted by molar-refractivity contribution is 5.95. The van der Waals surface area contributed by atoms with Crippen molar-refractivity contribution >= 4 is 11.8 Å². The summed E-state index contributed by atoms with van der Waals surface area (Å²) in [6.45, 7) is 3.75. The van der Waals surface area contributed by atoms with Crippen LogP contribution >= 0.6 is 0 Å². The van der Waals surface area contributed by atoms with Crippen molar-refractivity contribution in [3.05, 3.63) is 48.0 Å². The number of hydrogen-bond donors (Lipinski definition) is 2. The second-order valence-corrected chi connectivity index (χ2v) is 5.36. The molecule has 122 valence electrons. The molecule has 7 heteroatoms. The molecule has 3 N–H and O–H groups in total. The highest BCUT2D eigenvalue weighted by Crippen LogP contribution is 2.11. The molecule has 0 bridgehead atoms. The first-order chi connectivity index (χ1) is 10.9. The van der Waals surface area contributed by atoms with Crippen LogP contribution in [0.3, 0.4) is 0 Å². The Morgan fingerprint density at radius 3 is 2.52 bits per heavy atom. The van der Waals surface area contributed by atoms with Crippen LogP contribution in [0, 0.1) is 11.7 Å². The van der Waals surface area contributed by atoms with E-state index in [1.165, 1.54) is 22.9 Å². The maximum Gasteiger partial charge on any atom is 0.272 e. The van der Waals surface area contributed by atoms with Crippen molar-refractivity contribution < 1.29 is 14.0 Å². The van der Waals surface area contributed by atoms with Crippen LogP contribution in [0.5, 0.6) is 0 Å². The number of hydrogen-bond acceptors (Lipinski definition) is 3. The lowest BCUT2D eigenvalue weighted by atomic mass is 9.98. The zero-order valence-electron chi connectivity index (χ0n) is 13.0. The molecule has 1 aromatic heterocycles. The summed E-state index contributed by atoms with van der Waals surface area (Å²) in [6.07, 6.45) is 2.29. The number of carbonyl (C=O) groups is 2. The van der Waals surface area contributed by atoms with Crippen molar-refractivity contribution in [3.8, 4) is 5.69 Å². The van der Waals surface area contributed by atoms with E-state index in [0.29, 0.717) is 12.1 Å². The maximum absolute atomic E-state index is 12.9. The number of aromatic nitrogens is 2. The SMILES string of the molecule is CCC(C)C(NC(=O)c1ccn(-c2ccc(F)cc2)n1)C(N)=O. The molecule has 2 amide bonds. The zero-order chi connectivity index (χ0) is 17.0. The van der Waals surface area contributed by atoms with E-state index in [0.717, 1.165) is 0 Å². The molecule has 0 aliphatic heterocycles. The standard InChI is InChI=1S/C16H19FN4O2/c1-3-10(2)14(15(18)22)19-16(23)13-8-9-21(20-13)12-6-4-11(17)5-7-12/h4-10,14H,3H2,1-2H3,(H2,18,22)(H,19,23). The Hall–Kier alpha value is -2.70. The largest absolute Gasteiger partial charge is 0.368 e. The van der Waals surface area contributed by atoms with Gasteiger partial charge in [-0.25, -0.2) is 9.07 Å². The molecule has 2 unspecified atom stereocenters. The van der Waals surface area contributed by atoms with Crippen LogP contribution < -0.4 is 11.1 Å². The Labute approximate surface area is 133 Å². The van der Waals surface area contributed by atoms with E-state index < -0.39 is 17.9 Å². The summed E-state index contributed by atoms with van der Waals surface area (Å²) >= 11 is 0. The van der Waals surface area contributed by atoms with E-state index in [-0.39, 0.29) is 17.4 Å². The molecule has 0 aliphatic rings. The third-order valence-electron chi connectivity index (χ3n) is 3.72. The average molecular weight is 318 g/mol. The molecule has 0 aliphatic carbocycles. The molecule has 2 rings (SSSR count). The van der Waals surface area contributed by atoms with Gasteiger partial charge in [-0.2, -0.15) is 5.10 Å². The molecule has 0 radical (unpaired) electrons. The first kappa shape index (κ1) is 16.7. The first-order valence-electron chi connectivity index (χ1n) is 7.34. The summed E-state index contributed by atoms with van der Waals surface area (Å²) in [5, 5.41) is 6.75. The number of benzene rings is 1. The van der Waals surface area contributed by atoms with Crippen molar-refractivity contribution in [2.75, 3.05) is 0 Å². The van der Waals surface area contributed by atoms with E-state index in [9.17, 15) is 14.0 Å². The molecule has 2 aromatic rings. The average Bonchev–Trinajstić information content (AvgIpc) is 3.02. The molecule has 0 saturated carbocycles. The van der Waals surface area contributed by atoms with Crippen LogP contribution in [0.25, 0.3) is 5.69 Å². The number of nitrogens with zero attached hydrogens (tertiary/aromatic N) is 2. The van der Waals surface area contributed by atoms with Crippen LogP contribution in [0.15, 0.2) is 36.5 Å². The minimum absolute atomic E-state index is 0.0735. The second kappa shape index (κ2) is 7.04. The molecule has 0 saturated heterocycles. The number of primary amides is 1. The molecule has 6 nitrogen and oxygen atoms in total. The summed E-state index contributed by atoms with van der Waals surface area (Å²) in [4.78, 5) is 23.7. The fourth-order valence-corrected chi connectivity index (χ4v) is 2.13. The summed E-state index contributed by atoms with van der Waals surface area (Å²) < 4.78 is 14.4. The number of halogens is 1. The normalized spacial score (nSPS) is 13.3. The second-order valence-electron chi connectivity index (χ2n) is 5.36. The van der Waals surface area contributed by atoms with Crippen molar-refractivity contribution in [2.24, 2.45) is 11.7 Å². The van der Waals surface area contributed by atoms with Crippen LogP contribution in [0.4, 0.5) is 4.39 Å². The molecule has 0 fully saturated rings. The Bertz CT molecular complexity index is 696. The fourth-order valence-electron chi connectivity index (χ4n) is 2.13. The van der Waals surface area contributed by atoms with Crippen LogP contribution in [0.1, 0.15) is 30.8 Å². The van der Waals surface area contributed by atoms with Gasteiger partial charge in [0.1, 0.15) is 11.9 Å². The third-order valence-corrected chi connectivity index (χ3v) is 3.72. The van der Waals surface area contributed by atoms with Gasteiger partial charge in [0.25, 0.3) is 5.91 Å². The molecule has 2 atom stereocenters. The minimum Gasteiger partial charge on any atom is -0.368 e. The molecule has 0 spiro atoms. The molecule has 1 aromatic carbocycles. The minimum atomic E-state index is -0.747. The van der Waals surface area contributed by atoms with Gasteiger partial charge in [-0.05, 0) is 36.2 Å². The van der Waals surface area contributed by atoms with Gasteiger partial charge in [0, 0.05) is 6.20 Å². The van der Waals surface area contributed by atoms with Crippen LogP contribution in [-0.2, 0) is 4.79 Å². The molecule has 23 heavy (non-hydrogen) atoms. The summed E-state index contributed by atoms with van der Waals surface area (Å²) in [6, 6.07) is 6.49. The van der Waals surface area contributed by atoms with Gasteiger partial charge in [0.05, 0.1) is 5.69 Å². The van der Waals surface area contributed by atoms with Gasteiger partial charge in [0.2, 0.25) is 5.91 Å². The Morgan fingerprint density at radius 2 is 1.96 bits per heavy atom. The summed E-state index contributed by atoms with van der Waals surface area (Å²) in [5.41, 5.74) is 6.12. The number of carbonyl (C=O) groups excluding carboxylic acids is 2. The summed E-state index contributed by atoms with van der Waals surface area (Å²) in [7, 11) is 0. The Balaban J connectivity index is 2.14. The van der Waals surface area contributed by atoms with Crippen molar-refractivity contribution in [1.82, 2.24) is 15.1 Å². The van der Waals surface area contributed by atoms with Crippen LogP contribution in [-0.4, -0.2) is 27.6 Å². The van der Waals surface area contributed by atoms with E-state index in [1.807, 2.05) is 13.8 Å². The van der Waals surface area contributed by atoms with Gasteiger partial charge < -0.3 is 11.1 Å². The number of nitrogens with one attached hydrogen (secondary N) is 1. The zero-order valence-corrected chi connectivity index (χ0v) is 13.0. The van der Waals surface area contributed by atoms with Gasteiger partial charge >= 0.3 is 0 Å². The van der Waals surface area contributed by atoms with Gasteiger partial charge in [-0.15, -0.1) is 0 Å². The Kier molecular flexibility index (Phi) is 5.10. The van der Waals surface area contributed by atoms with Crippen LogP contribution in [0.2, 0.25) is 0 Å². The number of nitrogens with two attached hydrogens (primary N) is 1. The van der Waals surface area contributed by atoms with E-state index in [2.05, 4.69) is 10.4 Å². The van der Waals surface area contributed by atoms with Gasteiger partial charge in [-0.3, -0.25) is 9.59 Å².